The molecule has 6 heteroatoms. The maximum Gasteiger partial charge on any atom is 0.127 e. The van der Waals surface area contributed by atoms with Crippen LogP contribution in [0.1, 0.15) is 5.56 Å². The van der Waals surface area contributed by atoms with Crippen LogP contribution in [-0.4, -0.2) is 15.0 Å². The van der Waals surface area contributed by atoms with Crippen LogP contribution in [0.25, 0.3) is 21.9 Å². The summed E-state index contributed by atoms with van der Waals surface area (Å²) in [6.45, 7) is 0. The third-order valence-electron chi connectivity index (χ3n) is 3.63. The quantitative estimate of drug-likeness (QED) is 0.382. The Morgan fingerprint density at radius 1 is 1.13 bits per heavy atom. The molecule has 2 aromatic heterocycles. The largest absolute Gasteiger partial charge is 0.351 e. The highest BCUT2D eigenvalue weighted by Crippen LogP contribution is 2.32. The number of nitrogens with zero attached hydrogens (tertiary/aromatic N) is 2. The van der Waals surface area contributed by atoms with Crippen molar-refractivity contribution in [1.82, 2.24) is 15.0 Å². The molecule has 0 radical (unpaired) electrons. The van der Waals surface area contributed by atoms with E-state index in [0.717, 1.165) is 31.4 Å². The maximum absolute atomic E-state index is 13.8. The molecule has 3 nitrogen and oxygen atoms in total. The van der Waals surface area contributed by atoms with Crippen molar-refractivity contribution in [2.45, 2.75) is 10.8 Å². The molecular formula is C17H11BrFN3S. The fourth-order valence-electron chi connectivity index (χ4n) is 2.51. The summed E-state index contributed by atoms with van der Waals surface area (Å²) in [5.41, 5.74) is 3.45. The molecule has 0 aliphatic carbocycles. The molecule has 2 heterocycles. The van der Waals surface area contributed by atoms with E-state index in [2.05, 4.69) is 30.9 Å². The van der Waals surface area contributed by atoms with E-state index in [4.69, 9.17) is 0 Å². The number of hydrogen-bond acceptors (Lipinski definition) is 3. The highest BCUT2D eigenvalue weighted by Gasteiger charge is 2.12. The molecule has 0 fully saturated rings. The summed E-state index contributed by atoms with van der Waals surface area (Å²) in [5, 5.41) is 1.87. The zero-order chi connectivity index (χ0) is 15.8. The van der Waals surface area contributed by atoms with E-state index < -0.39 is 0 Å². The molecule has 0 amide bonds. The van der Waals surface area contributed by atoms with Crippen molar-refractivity contribution in [2.24, 2.45) is 0 Å². The minimum Gasteiger partial charge on any atom is -0.351 e. The smallest absolute Gasteiger partial charge is 0.127 e. The molecule has 0 saturated carbocycles. The van der Waals surface area contributed by atoms with E-state index in [1.165, 1.54) is 17.8 Å². The second kappa shape index (κ2) is 5.94. The second-order valence-electron chi connectivity index (χ2n) is 5.10. The molecule has 2 aromatic carbocycles. The van der Waals surface area contributed by atoms with Crippen molar-refractivity contribution in [3.05, 3.63) is 64.6 Å². The topological polar surface area (TPSA) is 41.6 Å². The zero-order valence-electron chi connectivity index (χ0n) is 11.9. The van der Waals surface area contributed by atoms with Gasteiger partial charge in [-0.2, -0.15) is 0 Å². The third-order valence-corrected chi connectivity index (χ3v) is 5.16. The average molecular weight is 388 g/mol. The van der Waals surface area contributed by atoms with Gasteiger partial charge < -0.3 is 4.98 Å². The Morgan fingerprint density at radius 2 is 2.00 bits per heavy atom. The van der Waals surface area contributed by atoms with E-state index in [0.29, 0.717) is 11.3 Å². The first-order valence-electron chi connectivity index (χ1n) is 7.00. The molecule has 114 valence electrons. The summed E-state index contributed by atoms with van der Waals surface area (Å²) in [5.74, 6) is 0.337. The zero-order valence-corrected chi connectivity index (χ0v) is 14.3. The van der Waals surface area contributed by atoms with Crippen molar-refractivity contribution in [2.75, 3.05) is 0 Å². The number of thioether (sulfide) groups is 1. The first-order chi connectivity index (χ1) is 11.2. The lowest BCUT2D eigenvalue weighted by Crippen LogP contribution is -1.89. The van der Waals surface area contributed by atoms with Gasteiger partial charge in [0.25, 0.3) is 0 Å². The van der Waals surface area contributed by atoms with E-state index in [1.54, 1.807) is 18.5 Å². The van der Waals surface area contributed by atoms with Crippen LogP contribution in [0.4, 0.5) is 4.39 Å². The lowest BCUT2D eigenvalue weighted by molar-refractivity contribution is 0.617. The summed E-state index contributed by atoms with van der Waals surface area (Å²) in [7, 11) is 0. The molecule has 23 heavy (non-hydrogen) atoms. The normalized spacial score (nSPS) is 11.4. The summed E-state index contributed by atoms with van der Waals surface area (Å²) in [4.78, 5) is 12.1. The Bertz CT molecular complexity index is 1020. The Kier molecular flexibility index (Phi) is 3.79. The van der Waals surface area contributed by atoms with Gasteiger partial charge in [0.1, 0.15) is 22.7 Å². The van der Waals surface area contributed by atoms with Gasteiger partial charge in [-0.25, -0.2) is 14.4 Å². The van der Waals surface area contributed by atoms with Crippen molar-refractivity contribution < 1.29 is 4.39 Å². The van der Waals surface area contributed by atoms with Gasteiger partial charge in [-0.1, -0.05) is 45.9 Å². The Hall–Kier alpha value is -1.92. The van der Waals surface area contributed by atoms with Gasteiger partial charge in [-0.3, -0.25) is 0 Å². The summed E-state index contributed by atoms with van der Waals surface area (Å²) >= 11 is 4.99. The van der Waals surface area contributed by atoms with E-state index in [1.807, 2.05) is 24.3 Å². The summed E-state index contributed by atoms with van der Waals surface area (Å²) in [6.07, 6.45) is 1.56. The van der Waals surface area contributed by atoms with Crippen LogP contribution < -0.4 is 0 Å². The number of H-pyrrole nitrogens is 1. The van der Waals surface area contributed by atoms with Gasteiger partial charge in [0.05, 0.1) is 5.52 Å². The van der Waals surface area contributed by atoms with E-state index in [9.17, 15) is 4.39 Å². The fourth-order valence-corrected chi connectivity index (χ4v) is 3.81. The molecular weight excluding hydrogens is 377 g/mol. The van der Waals surface area contributed by atoms with Gasteiger partial charge >= 0.3 is 0 Å². The molecule has 0 atom stereocenters. The van der Waals surface area contributed by atoms with Gasteiger partial charge in [-0.05, 0) is 29.8 Å². The first-order valence-corrected chi connectivity index (χ1v) is 8.78. The van der Waals surface area contributed by atoms with Gasteiger partial charge in [0.2, 0.25) is 0 Å². The highest BCUT2D eigenvalue weighted by atomic mass is 79.9. The predicted molar refractivity (Wildman–Crippen MR) is 95.1 cm³/mol. The Morgan fingerprint density at radius 3 is 2.87 bits per heavy atom. The molecule has 0 unspecified atom stereocenters. The van der Waals surface area contributed by atoms with E-state index in [-0.39, 0.29) is 5.82 Å². The van der Waals surface area contributed by atoms with Crippen LogP contribution >= 0.6 is 27.7 Å². The number of aromatic amines is 1. The molecule has 0 aliphatic rings. The lowest BCUT2D eigenvalue weighted by atomic mass is 10.2. The minimum absolute atomic E-state index is 0.189. The van der Waals surface area contributed by atoms with Crippen LogP contribution in [0, 0.1) is 5.82 Å². The van der Waals surface area contributed by atoms with Crippen LogP contribution in [0.5, 0.6) is 0 Å². The van der Waals surface area contributed by atoms with Crippen LogP contribution in [0.15, 0.2) is 58.3 Å². The van der Waals surface area contributed by atoms with Gasteiger partial charge in [-0.15, -0.1) is 0 Å². The third kappa shape index (κ3) is 2.72. The summed E-state index contributed by atoms with van der Waals surface area (Å²) in [6, 6.07) is 12.8. The number of benzene rings is 2. The SMILES string of the molecule is Fc1ccccc1CSc1ncnc2c1[nH]c1ccc(Br)cc12. The Balaban J connectivity index is 1.75. The highest BCUT2D eigenvalue weighted by molar-refractivity contribution is 9.10. The summed E-state index contributed by atoms with van der Waals surface area (Å²) < 4.78 is 14.8. The average Bonchev–Trinajstić information content (AvgIpc) is 2.93. The maximum atomic E-state index is 13.8. The van der Waals surface area contributed by atoms with Crippen molar-refractivity contribution in [3.63, 3.8) is 0 Å². The monoisotopic (exact) mass is 387 g/mol. The predicted octanol–water partition coefficient (Wildman–Crippen LogP) is 5.31. The van der Waals surface area contributed by atoms with Gasteiger partial charge in [0, 0.05) is 21.1 Å². The number of fused-ring (bicyclic) bond motifs is 3. The number of rotatable bonds is 3. The molecule has 0 aliphatic heterocycles. The van der Waals surface area contributed by atoms with Crippen LogP contribution in [0.2, 0.25) is 0 Å². The van der Waals surface area contributed by atoms with Crippen LogP contribution in [-0.2, 0) is 5.75 Å². The number of hydrogen-bond donors (Lipinski definition) is 1. The van der Waals surface area contributed by atoms with E-state index >= 15 is 0 Å². The molecule has 0 bridgehead atoms. The van der Waals surface area contributed by atoms with Crippen molar-refractivity contribution in [3.8, 4) is 0 Å². The molecule has 1 N–H and O–H groups in total. The lowest BCUT2D eigenvalue weighted by Gasteiger charge is -2.03. The molecule has 0 spiro atoms. The number of aromatic nitrogens is 3. The number of nitrogens with one attached hydrogen (secondary N) is 1. The Labute approximate surface area is 144 Å². The minimum atomic E-state index is -0.189. The molecule has 4 aromatic rings. The fraction of sp³-hybridized carbons (Fsp3) is 0.0588. The second-order valence-corrected chi connectivity index (χ2v) is 6.98. The van der Waals surface area contributed by atoms with Gasteiger partial charge in [0.15, 0.2) is 0 Å². The standard InChI is InChI=1S/C17H11BrFN3S/c18-11-5-6-14-12(7-11)15-16(22-14)17(21-9-20-15)23-8-10-3-1-2-4-13(10)19/h1-7,9,22H,8H2. The molecule has 0 saturated heterocycles. The van der Waals surface area contributed by atoms with Crippen LogP contribution in [0.3, 0.4) is 0 Å². The molecule has 4 rings (SSSR count). The van der Waals surface area contributed by atoms with Crippen molar-refractivity contribution >= 4 is 49.6 Å². The van der Waals surface area contributed by atoms with Crippen molar-refractivity contribution in [1.29, 1.82) is 0 Å². The number of halogens is 2. The first kappa shape index (κ1) is 14.7.